The van der Waals surface area contributed by atoms with Crippen LogP contribution >= 0.6 is 7.82 Å². The van der Waals surface area contributed by atoms with Crippen LogP contribution in [0.4, 0.5) is 0 Å². The summed E-state index contributed by atoms with van der Waals surface area (Å²) in [5.41, 5.74) is 0. The standard InChI is InChI=1S/C37H73O7P/c1-3-5-7-9-11-13-15-16-17-18-19-20-21-23-25-27-29-31-33-42-34-36(35-43-45(39,40)41)44-37(38)32-30-28-26-24-22-14-12-10-8-6-4-2/h10,12,36H,3-9,11,13-35H2,1-2H3,(H2,39,40,41)/b12-10-/t36-/m1/s1. The molecule has 0 spiro atoms. The number of unbranched alkanes of at least 4 members (excludes halogenated alkanes) is 24. The minimum atomic E-state index is -4.64. The molecule has 0 aliphatic rings. The summed E-state index contributed by atoms with van der Waals surface area (Å²) in [6.45, 7) is 4.72. The average Bonchev–Trinajstić information content (AvgIpc) is 3.01. The fraction of sp³-hybridized carbons (Fsp3) is 0.919. The summed E-state index contributed by atoms with van der Waals surface area (Å²) in [5.74, 6) is -0.370. The Morgan fingerprint density at radius 1 is 0.578 bits per heavy atom. The molecule has 0 aromatic carbocycles. The van der Waals surface area contributed by atoms with Gasteiger partial charge < -0.3 is 19.3 Å². The number of carbonyl (C=O) groups excluding carboxylic acids is 1. The minimum absolute atomic E-state index is 0.0798. The zero-order valence-electron chi connectivity index (χ0n) is 29.5. The number of ether oxygens (including phenoxy) is 2. The minimum Gasteiger partial charge on any atom is -0.457 e. The molecule has 7 nitrogen and oxygen atoms in total. The number of hydrogen-bond donors (Lipinski definition) is 2. The summed E-state index contributed by atoms with van der Waals surface area (Å²) in [6, 6.07) is 0. The van der Waals surface area contributed by atoms with Crippen LogP contribution in [0.2, 0.25) is 0 Å². The molecule has 0 aromatic rings. The first-order chi connectivity index (χ1) is 21.9. The van der Waals surface area contributed by atoms with E-state index in [1.54, 1.807) is 0 Å². The Bertz CT molecular complexity index is 694. The number of rotatable bonds is 36. The van der Waals surface area contributed by atoms with Gasteiger partial charge in [0.25, 0.3) is 0 Å². The van der Waals surface area contributed by atoms with Crippen molar-refractivity contribution in [1.82, 2.24) is 0 Å². The molecule has 0 unspecified atom stereocenters. The Kier molecular flexibility index (Phi) is 34.1. The molecule has 1 atom stereocenters. The molecule has 0 saturated heterocycles. The maximum atomic E-state index is 12.3. The van der Waals surface area contributed by atoms with E-state index in [0.29, 0.717) is 13.0 Å². The summed E-state index contributed by atoms with van der Waals surface area (Å²) >= 11 is 0. The predicted molar refractivity (Wildman–Crippen MR) is 188 cm³/mol. The van der Waals surface area contributed by atoms with Crippen LogP contribution in [0, 0.1) is 0 Å². The number of carbonyl (C=O) groups is 1. The van der Waals surface area contributed by atoms with Crippen molar-refractivity contribution >= 4 is 13.8 Å². The first-order valence-corrected chi connectivity index (χ1v) is 20.5. The van der Waals surface area contributed by atoms with Gasteiger partial charge in [0.05, 0.1) is 13.2 Å². The lowest BCUT2D eigenvalue weighted by Gasteiger charge is -2.18. The van der Waals surface area contributed by atoms with Crippen LogP contribution in [0.5, 0.6) is 0 Å². The fourth-order valence-corrected chi connectivity index (χ4v) is 5.84. The molecule has 2 N–H and O–H groups in total. The number of phosphoric ester groups is 1. The van der Waals surface area contributed by atoms with E-state index in [0.717, 1.165) is 44.9 Å². The van der Waals surface area contributed by atoms with Gasteiger partial charge in [0.15, 0.2) is 0 Å². The van der Waals surface area contributed by atoms with Crippen LogP contribution in [0.3, 0.4) is 0 Å². The van der Waals surface area contributed by atoms with Crippen molar-refractivity contribution in [2.45, 2.75) is 200 Å². The van der Waals surface area contributed by atoms with Gasteiger partial charge in [0, 0.05) is 13.0 Å². The van der Waals surface area contributed by atoms with E-state index in [2.05, 4.69) is 30.5 Å². The van der Waals surface area contributed by atoms with Crippen LogP contribution in [0.25, 0.3) is 0 Å². The molecule has 268 valence electrons. The number of allylic oxidation sites excluding steroid dienone is 2. The molecule has 0 amide bonds. The largest absolute Gasteiger partial charge is 0.469 e. The average molecular weight is 661 g/mol. The highest BCUT2D eigenvalue weighted by atomic mass is 31.2. The maximum Gasteiger partial charge on any atom is 0.469 e. The monoisotopic (exact) mass is 661 g/mol. The second-order valence-electron chi connectivity index (χ2n) is 12.9. The summed E-state index contributed by atoms with van der Waals surface area (Å²) < 4.78 is 26.9. The smallest absolute Gasteiger partial charge is 0.457 e. The molecule has 0 aliphatic heterocycles. The van der Waals surface area contributed by atoms with Gasteiger partial charge in [-0.3, -0.25) is 9.32 Å². The van der Waals surface area contributed by atoms with E-state index < -0.39 is 13.9 Å². The highest BCUT2D eigenvalue weighted by Crippen LogP contribution is 2.36. The molecular weight excluding hydrogens is 587 g/mol. The third-order valence-electron chi connectivity index (χ3n) is 8.32. The van der Waals surface area contributed by atoms with Gasteiger partial charge in [-0.15, -0.1) is 0 Å². The molecule has 0 heterocycles. The molecule has 0 bridgehead atoms. The summed E-state index contributed by atoms with van der Waals surface area (Å²) in [6.07, 6.45) is 37.8. The maximum absolute atomic E-state index is 12.3. The number of esters is 1. The van der Waals surface area contributed by atoms with Crippen molar-refractivity contribution in [3.05, 3.63) is 12.2 Å². The zero-order valence-corrected chi connectivity index (χ0v) is 30.4. The Morgan fingerprint density at radius 3 is 1.49 bits per heavy atom. The first kappa shape index (κ1) is 44.3. The third kappa shape index (κ3) is 37.6. The van der Waals surface area contributed by atoms with Gasteiger partial charge in [0.1, 0.15) is 6.10 Å². The molecular formula is C37H73O7P. The van der Waals surface area contributed by atoms with Crippen LogP contribution in [0.15, 0.2) is 12.2 Å². The Hall–Kier alpha value is -0.720. The molecule has 0 radical (unpaired) electrons. The number of phosphoric acid groups is 1. The van der Waals surface area contributed by atoms with E-state index >= 15 is 0 Å². The van der Waals surface area contributed by atoms with Crippen molar-refractivity contribution in [3.63, 3.8) is 0 Å². The lowest BCUT2D eigenvalue weighted by Crippen LogP contribution is -2.28. The second-order valence-corrected chi connectivity index (χ2v) is 14.1. The quantitative estimate of drug-likeness (QED) is 0.0298. The second kappa shape index (κ2) is 34.6. The first-order valence-electron chi connectivity index (χ1n) is 19.0. The molecule has 0 aromatic heterocycles. The Morgan fingerprint density at radius 2 is 1.00 bits per heavy atom. The Balaban J connectivity index is 3.76. The van der Waals surface area contributed by atoms with Crippen LogP contribution in [-0.4, -0.2) is 41.7 Å². The molecule has 0 aliphatic carbocycles. The Labute approximate surface area is 278 Å². The van der Waals surface area contributed by atoms with Crippen molar-refractivity contribution in [3.8, 4) is 0 Å². The third-order valence-corrected chi connectivity index (χ3v) is 8.80. The summed E-state index contributed by atoms with van der Waals surface area (Å²) in [4.78, 5) is 30.4. The number of hydrogen-bond acceptors (Lipinski definition) is 5. The predicted octanol–water partition coefficient (Wildman–Crippen LogP) is 11.5. The van der Waals surface area contributed by atoms with Gasteiger partial charge in [-0.1, -0.05) is 167 Å². The molecule has 8 heteroatoms. The normalized spacial score (nSPS) is 12.7. The van der Waals surface area contributed by atoms with E-state index in [9.17, 15) is 9.36 Å². The van der Waals surface area contributed by atoms with Gasteiger partial charge in [-0.25, -0.2) is 4.57 Å². The van der Waals surface area contributed by atoms with E-state index in [4.69, 9.17) is 19.3 Å². The summed E-state index contributed by atoms with van der Waals surface area (Å²) in [5, 5.41) is 0. The zero-order chi connectivity index (χ0) is 33.1. The van der Waals surface area contributed by atoms with Gasteiger partial charge in [-0.05, 0) is 32.1 Å². The van der Waals surface area contributed by atoms with Gasteiger partial charge >= 0.3 is 13.8 Å². The summed E-state index contributed by atoms with van der Waals surface area (Å²) in [7, 11) is -4.64. The SMILES string of the molecule is CCCC/C=C\CCCCCCCC(=O)O[C@H](COCCCCCCCCCCCCCCCCCCCC)COP(=O)(O)O. The fourth-order valence-electron chi connectivity index (χ4n) is 5.48. The van der Waals surface area contributed by atoms with Crippen LogP contribution in [0.1, 0.15) is 194 Å². The van der Waals surface area contributed by atoms with E-state index in [1.165, 1.54) is 128 Å². The van der Waals surface area contributed by atoms with Gasteiger partial charge in [0.2, 0.25) is 0 Å². The van der Waals surface area contributed by atoms with Crippen molar-refractivity contribution in [1.29, 1.82) is 0 Å². The lowest BCUT2D eigenvalue weighted by molar-refractivity contribution is -0.154. The van der Waals surface area contributed by atoms with E-state index in [-0.39, 0.29) is 19.2 Å². The topological polar surface area (TPSA) is 102 Å². The van der Waals surface area contributed by atoms with Crippen molar-refractivity contribution < 1.29 is 33.1 Å². The molecule has 0 fully saturated rings. The molecule has 0 rings (SSSR count). The molecule has 0 saturated carbocycles. The van der Waals surface area contributed by atoms with Crippen LogP contribution in [-0.2, 0) is 23.4 Å². The van der Waals surface area contributed by atoms with E-state index in [1.807, 2.05) is 0 Å². The lowest BCUT2D eigenvalue weighted by atomic mass is 10.0. The van der Waals surface area contributed by atoms with Gasteiger partial charge in [-0.2, -0.15) is 0 Å². The highest BCUT2D eigenvalue weighted by molar-refractivity contribution is 7.46. The molecule has 45 heavy (non-hydrogen) atoms. The highest BCUT2D eigenvalue weighted by Gasteiger charge is 2.21. The van der Waals surface area contributed by atoms with Crippen LogP contribution < -0.4 is 0 Å². The van der Waals surface area contributed by atoms with Crippen molar-refractivity contribution in [2.75, 3.05) is 19.8 Å². The van der Waals surface area contributed by atoms with Crippen molar-refractivity contribution in [2.24, 2.45) is 0 Å².